The van der Waals surface area contributed by atoms with Crippen molar-refractivity contribution in [2.24, 2.45) is 5.73 Å². The van der Waals surface area contributed by atoms with Gasteiger partial charge in [0.05, 0.1) is 5.25 Å². The van der Waals surface area contributed by atoms with Crippen LogP contribution in [-0.4, -0.2) is 50.8 Å². The summed E-state index contributed by atoms with van der Waals surface area (Å²) in [7, 11) is -3.25. The zero-order chi connectivity index (χ0) is 27.0. The first kappa shape index (κ1) is 26.9. The normalized spacial score (nSPS) is 15.5. The highest BCUT2D eigenvalue weighted by atomic mass is 32.2. The molecule has 0 amide bonds. The van der Waals surface area contributed by atoms with Crippen LogP contribution >= 0.6 is 23.6 Å². The van der Waals surface area contributed by atoms with Crippen molar-refractivity contribution >= 4 is 49.5 Å². The van der Waals surface area contributed by atoms with Crippen molar-refractivity contribution < 1.29 is 8.42 Å². The van der Waals surface area contributed by atoms with Crippen LogP contribution in [0, 0.1) is 6.92 Å². The van der Waals surface area contributed by atoms with Crippen LogP contribution in [0.25, 0.3) is 22.0 Å². The fraction of sp³-hybridized carbons (Fsp3) is 0.393. The molecule has 2 aromatic heterocycles. The number of aryl methyl sites for hydroxylation is 3. The Morgan fingerprint density at radius 2 is 1.89 bits per heavy atom. The molecule has 1 aliphatic heterocycles. The highest BCUT2D eigenvalue weighted by Gasteiger charge is 2.31. The summed E-state index contributed by atoms with van der Waals surface area (Å²) in [6, 6.07) is 14.9. The standard InChI is InChI=1S/C28H33N5O2S3/c1-18(2)38(34,35)32-13-11-23(12-14-32)33-17-25(21-5-4-6-22(16-21)28(29)36)24-9-7-20(15-26(24)33)8-10-27-31-30-19(3)37-27/h4-7,9,15-18,23H,8,10-14H2,1-3H3,(H2,29,36). The monoisotopic (exact) mass is 567 g/mol. The quantitative estimate of drug-likeness (QED) is 0.292. The fourth-order valence-electron chi connectivity index (χ4n) is 5.19. The molecule has 1 saturated heterocycles. The minimum atomic E-state index is -3.25. The van der Waals surface area contributed by atoms with E-state index >= 15 is 0 Å². The molecule has 0 aliphatic carbocycles. The summed E-state index contributed by atoms with van der Waals surface area (Å²) in [5.41, 5.74) is 11.4. The third kappa shape index (κ3) is 5.40. The number of benzene rings is 2. The van der Waals surface area contributed by atoms with Crippen molar-refractivity contribution in [2.75, 3.05) is 13.1 Å². The minimum absolute atomic E-state index is 0.213. The summed E-state index contributed by atoms with van der Waals surface area (Å²) in [5, 5.41) is 11.2. The van der Waals surface area contributed by atoms with Gasteiger partial charge >= 0.3 is 0 Å². The minimum Gasteiger partial charge on any atom is -0.389 e. The lowest BCUT2D eigenvalue weighted by Gasteiger charge is -2.33. The lowest BCUT2D eigenvalue weighted by atomic mass is 10.0. The maximum absolute atomic E-state index is 12.7. The van der Waals surface area contributed by atoms with Crippen molar-refractivity contribution in [3.8, 4) is 11.1 Å². The third-order valence-electron chi connectivity index (χ3n) is 7.32. The van der Waals surface area contributed by atoms with Gasteiger partial charge in [0.1, 0.15) is 15.0 Å². The maximum atomic E-state index is 12.7. The Bertz CT molecular complexity index is 1580. The van der Waals surface area contributed by atoms with Gasteiger partial charge in [-0.25, -0.2) is 12.7 Å². The molecule has 2 aromatic carbocycles. The fourth-order valence-corrected chi connectivity index (χ4v) is 7.34. The second kappa shape index (κ2) is 10.8. The van der Waals surface area contributed by atoms with Gasteiger partial charge in [0.2, 0.25) is 10.0 Å². The molecule has 0 radical (unpaired) electrons. The first-order chi connectivity index (χ1) is 18.1. The average molecular weight is 568 g/mol. The molecule has 7 nitrogen and oxygen atoms in total. The molecule has 1 aliphatic rings. The zero-order valence-corrected chi connectivity index (χ0v) is 24.4. The largest absolute Gasteiger partial charge is 0.389 e. The predicted molar refractivity (Wildman–Crippen MR) is 159 cm³/mol. The van der Waals surface area contributed by atoms with E-state index in [0.29, 0.717) is 18.1 Å². The molecule has 3 heterocycles. The van der Waals surface area contributed by atoms with Crippen LogP contribution in [0.2, 0.25) is 0 Å². The van der Waals surface area contributed by atoms with Gasteiger partial charge in [-0.3, -0.25) is 0 Å². The van der Waals surface area contributed by atoms with E-state index < -0.39 is 15.3 Å². The van der Waals surface area contributed by atoms with E-state index in [1.807, 2.05) is 25.1 Å². The van der Waals surface area contributed by atoms with E-state index in [9.17, 15) is 8.42 Å². The number of fused-ring (bicyclic) bond motifs is 1. The number of rotatable bonds is 8. The zero-order valence-electron chi connectivity index (χ0n) is 21.9. The van der Waals surface area contributed by atoms with Gasteiger partial charge in [0, 0.05) is 53.8 Å². The lowest BCUT2D eigenvalue weighted by Crippen LogP contribution is -2.42. The van der Waals surface area contributed by atoms with Crippen LogP contribution in [0.15, 0.2) is 48.7 Å². The number of hydrogen-bond acceptors (Lipinski definition) is 6. The highest BCUT2D eigenvalue weighted by Crippen LogP contribution is 2.37. The molecule has 4 aromatic rings. The van der Waals surface area contributed by atoms with Gasteiger partial charge in [-0.1, -0.05) is 42.5 Å². The number of aromatic nitrogens is 3. The summed E-state index contributed by atoms with van der Waals surface area (Å²) in [4.78, 5) is 0.378. The summed E-state index contributed by atoms with van der Waals surface area (Å²) < 4.78 is 29.5. The highest BCUT2D eigenvalue weighted by molar-refractivity contribution is 7.89. The summed E-state index contributed by atoms with van der Waals surface area (Å²) in [5.74, 6) is 0. The Morgan fingerprint density at radius 3 is 2.55 bits per heavy atom. The van der Waals surface area contributed by atoms with Gasteiger partial charge in [0.15, 0.2) is 0 Å². The van der Waals surface area contributed by atoms with Crippen molar-refractivity contribution in [3.05, 3.63) is 69.8 Å². The van der Waals surface area contributed by atoms with Gasteiger partial charge < -0.3 is 10.3 Å². The molecule has 10 heteroatoms. The maximum Gasteiger partial charge on any atom is 0.216 e. The number of nitrogens with two attached hydrogens (primary N) is 1. The first-order valence-corrected chi connectivity index (χ1v) is 15.7. The number of sulfonamides is 1. The predicted octanol–water partition coefficient (Wildman–Crippen LogP) is 5.26. The van der Waals surface area contributed by atoms with Gasteiger partial charge in [-0.05, 0) is 63.3 Å². The van der Waals surface area contributed by atoms with Gasteiger partial charge in [-0.2, -0.15) is 0 Å². The average Bonchev–Trinajstić information content (AvgIpc) is 3.50. The van der Waals surface area contributed by atoms with E-state index in [4.69, 9.17) is 18.0 Å². The third-order valence-corrected chi connectivity index (χ3v) is 10.7. The molecule has 0 spiro atoms. The number of thiocarbonyl (C=S) groups is 1. The number of hydrogen-bond donors (Lipinski definition) is 1. The van der Waals surface area contributed by atoms with Crippen LogP contribution in [0.1, 0.15) is 53.9 Å². The summed E-state index contributed by atoms with van der Waals surface area (Å²) in [6.07, 6.45) is 5.50. The molecule has 200 valence electrons. The number of nitrogens with zero attached hydrogens (tertiary/aromatic N) is 4. The van der Waals surface area contributed by atoms with E-state index in [-0.39, 0.29) is 6.04 Å². The van der Waals surface area contributed by atoms with E-state index in [2.05, 4.69) is 45.2 Å². The smallest absolute Gasteiger partial charge is 0.216 e. The van der Waals surface area contributed by atoms with E-state index in [1.54, 1.807) is 29.5 Å². The second-order valence-electron chi connectivity index (χ2n) is 10.2. The Labute approximate surface area is 233 Å². The molecule has 0 saturated carbocycles. The van der Waals surface area contributed by atoms with Crippen molar-refractivity contribution in [1.29, 1.82) is 0 Å². The van der Waals surface area contributed by atoms with Gasteiger partial charge in [0.25, 0.3) is 0 Å². The van der Waals surface area contributed by atoms with Crippen molar-refractivity contribution in [1.82, 2.24) is 19.1 Å². The Morgan fingerprint density at radius 1 is 1.13 bits per heavy atom. The molecule has 1 fully saturated rings. The summed E-state index contributed by atoms with van der Waals surface area (Å²) >= 11 is 6.88. The molecule has 0 unspecified atom stereocenters. The van der Waals surface area contributed by atoms with Crippen LogP contribution in [0.4, 0.5) is 0 Å². The lowest BCUT2D eigenvalue weighted by molar-refractivity contribution is 0.276. The molecular weight excluding hydrogens is 535 g/mol. The Kier molecular flexibility index (Phi) is 7.68. The molecule has 2 N–H and O–H groups in total. The van der Waals surface area contributed by atoms with Crippen molar-refractivity contribution in [2.45, 2.75) is 57.7 Å². The van der Waals surface area contributed by atoms with E-state index in [1.165, 1.54) is 5.56 Å². The second-order valence-corrected chi connectivity index (χ2v) is 14.4. The molecular formula is C28H33N5O2S3. The van der Waals surface area contributed by atoms with Crippen LogP contribution in [-0.2, 0) is 22.9 Å². The number of piperidine rings is 1. The van der Waals surface area contributed by atoms with Crippen LogP contribution in [0.3, 0.4) is 0 Å². The van der Waals surface area contributed by atoms with E-state index in [0.717, 1.165) is 63.3 Å². The molecule has 5 rings (SSSR count). The topological polar surface area (TPSA) is 94.1 Å². The van der Waals surface area contributed by atoms with Crippen LogP contribution < -0.4 is 5.73 Å². The van der Waals surface area contributed by atoms with Crippen molar-refractivity contribution in [3.63, 3.8) is 0 Å². The molecule has 0 bridgehead atoms. The SMILES string of the molecule is Cc1nnc(CCc2ccc3c(-c4cccc(C(N)=S)c4)cn(C4CCN(S(=O)(=O)C(C)C)CC4)c3c2)s1. The van der Waals surface area contributed by atoms with Gasteiger partial charge in [-0.15, -0.1) is 21.5 Å². The Balaban J connectivity index is 1.51. The molecule has 38 heavy (non-hydrogen) atoms. The summed E-state index contributed by atoms with van der Waals surface area (Å²) in [6.45, 7) is 6.55. The molecule has 0 atom stereocenters. The van der Waals surface area contributed by atoms with Crippen LogP contribution in [0.5, 0.6) is 0 Å². The Hall–Kier alpha value is -2.66. The first-order valence-electron chi connectivity index (χ1n) is 12.9.